The molecule has 2 aromatic heterocycles. The smallest absolute Gasteiger partial charge is 0.275 e. The first-order valence-corrected chi connectivity index (χ1v) is 12.2. The van der Waals surface area contributed by atoms with Crippen molar-refractivity contribution in [2.24, 2.45) is 0 Å². The number of benzene rings is 1. The second-order valence-corrected chi connectivity index (χ2v) is 10.2. The fourth-order valence-electron chi connectivity index (χ4n) is 3.91. The minimum atomic E-state index is -0.260. The van der Waals surface area contributed by atoms with Gasteiger partial charge in [-0.1, -0.05) is 0 Å². The molecule has 3 heterocycles. The summed E-state index contributed by atoms with van der Waals surface area (Å²) >= 11 is 2.95. The largest absolute Gasteiger partial charge is 0.508 e. The number of carbonyl (C=O) groups excluding carboxylic acids is 2. The predicted octanol–water partition coefficient (Wildman–Crippen LogP) is 4.81. The summed E-state index contributed by atoms with van der Waals surface area (Å²) in [6.07, 6.45) is 1.65. The molecule has 1 aromatic carbocycles. The molecule has 2 amide bonds. The molecule has 1 aliphatic rings. The molecule has 7 nitrogen and oxygen atoms in total. The molecule has 1 saturated heterocycles. The summed E-state index contributed by atoms with van der Waals surface area (Å²) in [5, 5.41) is 16.3. The van der Waals surface area contributed by atoms with E-state index >= 15 is 0 Å². The Morgan fingerprint density at radius 3 is 2.47 bits per heavy atom. The van der Waals surface area contributed by atoms with Gasteiger partial charge in [-0.3, -0.25) is 9.59 Å². The van der Waals surface area contributed by atoms with E-state index in [9.17, 15) is 14.7 Å². The molecule has 9 heteroatoms. The maximum absolute atomic E-state index is 12.8. The summed E-state index contributed by atoms with van der Waals surface area (Å²) in [5.41, 5.74) is 3.43. The average molecular weight is 471 g/mol. The lowest BCUT2D eigenvalue weighted by molar-refractivity contribution is 0.0717. The Morgan fingerprint density at radius 1 is 1.09 bits per heavy atom. The quantitative estimate of drug-likeness (QED) is 0.534. The number of aromatic hydroxyl groups is 1. The van der Waals surface area contributed by atoms with Gasteiger partial charge in [-0.15, -0.1) is 22.7 Å². The first kappa shape index (κ1) is 22.4. The van der Waals surface area contributed by atoms with Crippen molar-refractivity contribution in [3.63, 3.8) is 0 Å². The molecular formula is C23H26N4O3S2. The third kappa shape index (κ3) is 4.40. The molecule has 168 valence electrons. The van der Waals surface area contributed by atoms with Crippen LogP contribution in [0.5, 0.6) is 5.75 Å². The summed E-state index contributed by atoms with van der Waals surface area (Å²) < 4.78 is 0. The molecule has 32 heavy (non-hydrogen) atoms. The number of hydrogen-bond donors (Lipinski definition) is 2. The van der Waals surface area contributed by atoms with Gasteiger partial charge in [0.25, 0.3) is 11.8 Å². The van der Waals surface area contributed by atoms with Crippen molar-refractivity contribution in [1.29, 1.82) is 0 Å². The molecule has 1 fully saturated rings. The van der Waals surface area contributed by atoms with Crippen molar-refractivity contribution in [3.8, 4) is 5.75 Å². The third-order valence-corrected chi connectivity index (χ3v) is 8.06. The topological polar surface area (TPSA) is 95.4 Å². The van der Waals surface area contributed by atoms with E-state index in [2.05, 4.69) is 15.3 Å². The minimum Gasteiger partial charge on any atom is -0.508 e. The van der Waals surface area contributed by atoms with Crippen LogP contribution in [0, 0.1) is 27.7 Å². The monoisotopic (exact) mass is 470 g/mol. The van der Waals surface area contributed by atoms with Gasteiger partial charge >= 0.3 is 0 Å². The number of carbonyl (C=O) groups is 2. The second-order valence-electron chi connectivity index (χ2n) is 8.12. The van der Waals surface area contributed by atoms with Crippen molar-refractivity contribution < 1.29 is 14.7 Å². The fraction of sp³-hybridized carbons (Fsp3) is 0.391. The first-order chi connectivity index (χ1) is 15.2. The van der Waals surface area contributed by atoms with E-state index in [0.717, 1.165) is 44.6 Å². The van der Waals surface area contributed by atoms with Gasteiger partial charge in [0, 0.05) is 30.1 Å². The normalized spacial score (nSPS) is 14.6. The van der Waals surface area contributed by atoms with Gasteiger partial charge in [-0.2, -0.15) is 0 Å². The number of phenols is 1. The predicted molar refractivity (Wildman–Crippen MR) is 127 cm³/mol. The lowest BCUT2D eigenvalue weighted by Gasteiger charge is -2.30. The number of nitrogens with one attached hydrogen (secondary N) is 1. The first-order valence-electron chi connectivity index (χ1n) is 10.5. The van der Waals surface area contributed by atoms with Crippen molar-refractivity contribution in [2.75, 3.05) is 18.4 Å². The van der Waals surface area contributed by atoms with Gasteiger partial charge in [0.1, 0.15) is 16.3 Å². The number of aryl methyl sites for hydroxylation is 2. The third-order valence-electron chi connectivity index (χ3n) is 5.99. The van der Waals surface area contributed by atoms with Crippen LogP contribution in [0.25, 0.3) is 0 Å². The summed E-state index contributed by atoms with van der Waals surface area (Å²) in [6, 6.07) is 3.27. The molecule has 4 rings (SSSR count). The van der Waals surface area contributed by atoms with E-state index in [4.69, 9.17) is 0 Å². The summed E-state index contributed by atoms with van der Waals surface area (Å²) in [6.45, 7) is 8.82. The highest BCUT2D eigenvalue weighted by molar-refractivity contribution is 7.13. The van der Waals surface area contributed by atoms with Gasteiger partial charge in [-0.25, -0.2) is 9.97 Å². The number of aromatic nitrogens is 2. The number of phenolic OH excluding ortho intramolecular Hbond substituents is 1. The van der Waals surface area contributed by atoms with E-state index in [1.165, 1.54) is 22.7 Å². The van der Waals surface area contributed by atoms with Gasteiger partial charge in [0.15, 0.2) is 0 Å². The SMILES string of the molecule is Cc1nc(C)c(C(=O)N2CCC(c3nc(C(=O)Nc4ccc(O)c(C)c4C)cs3)CC2)s1. The number of nitrogens with zero attached hydrogens (tertiary/aromatic N) is 3. The highest BCUT2D eigenvalue weighted by Gasteiger charge is 2.28. The number of anilines is 1. The minimum absolute atomic E-state index is 0.0605. The summed E-state index contributed by atoms with van der Waals surface area (Å²) in [5.74, 6) is 0.254. The van der Waals surface area contributed by atoms with Gasteiger partial charge in [-0.05, 0) is 63.8 Å². The van der Waals surface area contributed by atoms with E-state index in [1.807, 2.05) is 32.6 Å². The zero-order valence-corrected chi connectivity index (χ0v) is 20.2. The van der Waals surface area contributed by atoms with Crippen molar-refractivity contribution in [1.82, 2.24) is 14.9 Å². The molecule has 0 unspecified atom stereocenters. The van der Waals surface area contributed by atoms with Crippen LogP contribution in [0.15, 0.2) is 17.5 Å². The van der Waals surface area contributed by atoms with Crippen LogP contribution in [0.1, 0.15) is 65.8 Å². The number of piperidine rings is 1. The number of thiazole rings is 2. The Balaban J connectivity index is 1.38. The van der Waals surface area contributed by atoms with Gasteiger partial charge in [0.05, 0.1) is 15.7 Å². The van der Waals surface area contributed by atoms with Crippen LogP contribution in [-0.2, 0) is 0 Å². The van der Waals surface area contributed by atoms with Crippen molar-refractivity contribution in [2.45, 2.75) is 46.5 Å². The summed E-state index contributed by atoms with van der Waals surface area (Å²) in [4.78, 5) is 37.1. The van der Waals surface area contributed by atoms with Gasteiger partial charge in [0.2, 0.25) is 0 Å². The van der Waals surface area contributed by atoms with E-state index in [0.29, 0.717) is 24.5 Å². The Hall–Kier alpha value is -2.78. The summed E-state index contributed by atoms with van der Waals surface area (Å²) in [7, 11) is 0. The average Bonchev–Trinajstić information content (AvgIpc) is 3.40. The molecule has 0 aliphatic carbocycles. The fourth-order valence-corrected chi connectivity index (χ4v) is 5.77. The van der Waals surface area contributed by atoms with E-state index in [-0.39, 0.29) is 23.5 Å². The lowest BCUT2D eigenvalue weighted by Crippen LogP contribution is -2.37. The molecular weight excluding hydrogens is 444 g/mol. The molecule has 0 saturated carbocycles. The molecule has 1 aliphatic heterocycles. The van der Waals surface area contributed by atoms with Crippen LogP contribution >= 0.6 is 22.7 Å². The zero-order chi connectivity index (χ0) is 23.0. The number of amides is 2. The number of rotatable bonds is 4. The molecule has 0 atom stereocenters. The van der Waals surface area contributed by atoms with Crippen molar-refractivity contribution >= 4 is 40.2 Å². The molecule has 0 radical (unpaired) electrons. The molecule has 0 spiro atoms. The van der Waals surface area contributed by atoms with E-state index < -0.39 is 0 Å². The van der Waals surface area contributed by atoms with E-state index in [1.54, 1.807) is 17.5 Å². The Bertz CT molecular complexity index is 1180. The Morgan fingerprint density at radius 2 is 1.81 bits per heavy atom. The maximum Gasteiger partial charge on any atom is 0.275 e. The van der Waals surface area contributed by atoms with Crippen LogP contribution in [0.3, 0.4) is 0 Å². The molecule has 3 aromatic rings. The van der Waals surface area contributed by atoms with Crippen molar-refractivity contribution in [3.05, 3.63) is 54.9 Å². The Kier molecular flexibility index (Phi) is 6.30. The van der Waals surface area contributed by atoms with Crippen LogP contribution in [-0.4, -0.2) is 44.9 Å². The standard InChI is InChI=1S/C23H26N4O3S2/c1-12-13(2)19(28)6-5-17(12)25-21(29)18-11-31-22(26-18)16-7-9-27(10-8-16)23(30)20-14(3)24-15(4)32-20/h5-6,11,16,28H,7-10H2,1-4H3,(H,25,29). The number of likely N-dealkylation sites (tertiary alicyclic amines) is 1. The second kappa shape index (κ2) is 8.99. The number of hydrogen-bond acceptors (Lipinski definition) is 7. The maximum atomic E-state index is 12.8. The molecule has 0 bridgehead atoms. The highest BCUT2D eigenvalue weighted by atomic mass is 32.1. The Labute approximate surface area is 195 Å². The lowest BCUT2D eigenvalue weighted by atomic mass is 9.97. The molecule has 2 N–H and O–H groups in total. The van der Waals surface area contributed by atoms with Crippen LogP contribution in [0.4, 0.5) is 5.69 Å². The van der Waals surface area contributed by atoms with Crippen LogP contribution in [0.2, 0.25) is 0 Å². The van der Waals surface area contributed by atoms with Gasteiger partial charge < -0.3 is 15.3 Å². The highest BCUT2D eigenvalue weighted by Crippen LogP contribution is 2.32. The zero-order valence-electron chi connectivity index (χ0n) is 18.6. The van der Waals surface area contributed by atoms with Crippen LogP contribution < -0.4 is 5.32 Å².